The number of carbonyl (C=O) groups excluding carboxylic acids is 1. The molecule has 0 radical (unpaired) electrons. The molecule has 66 valence electrons. The first-order valence-corrected chi connectivity index (χ1v) is 3.84. The molecular weight excluding hydrogens is 142 g/mol. The maximum Gasteiger partial charge on any atom is 0.216 e. The van der Waals surface area contributed by atoms with Gasteiger partial charge < -0.3 is 16.4 Å². The summed E-state index contributed by atoms with van der Waals surface area (Å²) in [5.41, 5.74) is 5.36. The minimum absolute atomic E-state index is 0.00667. The molecule has 4 nitrogen and oxygen atoms in total. The van der Waals surface area contributed by atoms with Gasteiger partial charge in [-0.25, -0.2) is 0 Å². The van der Waals surface area contributed by atoms with E-state index in [0.717, 1.165) is 6.54 Å². The third kappa shape index (κ3) is 7.29. The third-order valence-corrected chi connectivity index (χ3v) is 1.35. The van der Waals surface area contributed by atoms with Gasteiger partial charge in [0.1, 0.15) is 0 Å². The Balaban J connectivity index is 3.08. The SMILES string of the molecule is CC(=O)NCCNC(C)CN. The van der Waals surface area contributed by atoms with E-state index in [1.165, 1.54) is 6.92 Å². The highest BCUT2D eigenvalue weighted by Gasteiger charge is 1.95. The van der Waals surface area contributed by atoms with Crippen LogP contribution in [-0.4, -0.2) is 31.6 Å². The molecule has 4 N–H and O–H groups in total. The summed E-state index contributed by atoms with van der Waals surface area (Å²) in [7, 11) is 0. The van der Waals surface area contributed by atoms with Crippen molar-refractivity contribution in [3.63, 3.8) is 0 Å². The van der Waals surface area contributed by atoms with Crippen LogP contribution >= 0.6 is 0 Å². The number of nitrogens with two attached hydrogens (primary N) is 1. The van der Waals surface area contributed by atoms with Crippen molar-refractivity contribution >= 4 is 5.91 Å². The summed E-state index contributed by atoms with van der Waals surface area (Å²) in [5.74, 6) is 0.00667. The van der Waals surface area contributed by atoms with E-state index >= 15 is 0 Å². The van der Waals surface area contributed by atoms with E-state index in [9.17, 15) is 4.79 Å². The Morgan fingerprint density at radius 2 is 2.18 bits per heavy atom. The van der Waals surface area contributed by atoms with Crippen LogP contribution in [-0.2, 0) is 4.79 Å². The highest BCUT2D eigenvalue weighted by atomic mass is 16.1. The van der Waals surface area contributed by atoms with Crippen molar-refractivity contribution < 1.29 is 4.79 Å². The van der Waals surface area contributed by atoms with Gasteiger partial charge in [0, 0.05) is 32.6 Å². The highest BCUT2D eigenvalue weighted by molar-refractivity contribution is 5.72. The average Bonchev–Trinajstić information content (AvgIpc) is 1.97. The fraction of sp³-hybridized carbons (Fsp3) is 0.857. The van der Waals surface area contributed by atoms with Crippen LogP contribution in [0.2, 0.25) is 0 Å². The van der Waals surface area contributed by atoms with Gasteiger partial charge in [0.2, 0.25) is 5.91 Å². The number of amides is 1. The highest BCUT2D eigenvalue weighted by Crippen LogP contribution is 1.72. The summed E-state index contributed by atoms with van der Waals surface area (Å²) < 4.78 is 0. The van der Waals surface area contributed by atoms with Gasteiger partial charge in [-0.15, -0.1) is 0 Å². The summed E-state index contributed by atoms with van der Waals surface area (Å²) in [6.07, 6.45) is 0. The number of rotatable bonds is 5. The van der Waals surface area contributed by atoms with E-state index in [1.54, 1.807) is 0 Å². The molecule has 4 heteroatoms. The third-order valence-electron chi connectivity index (χ3n) is 1.35. The van der Waals surface area contributed by atoms with Gasteiger partial charge in [0.25, 0.3) is 0 Å². The van der Waals surface area contributed by atoms with E-state index in [2.05, 4.69) is 10.6 Å². The van der Waals surface area contributed by atoms with E-state index in [1.807, 2.05) is 6.92 Å². The Morgan fingerprint density at radius 1 is 1.55 bits per heavy atom. The molecule has 1 unspecified atom stereocenters. The molecule has 0 aliphatic rings. The topological polar surface area (TPSA) is 67.2 Å². The molecule has 0 saturated carbocycles. The Hall–Kier alpha value is -0.610. The molecule has 0 heterocycles. The van der Waals surface area contributed by atoms with Crippen molar-refractivity contribution in [3.05, 3.63) is 0 Å². The summed E-state index contributed by atoms with van der Waals surface area (Å²) in [5, 5.41) is 5.83. The second kappa shape index (κ2) is 6.12. The van der Waals surface area contributed by atoms with Crippen molar-refractivity contribution in [2.45, 2.75) is 19.9 Å². The van der Waals surface area contributed by atoms with Crippen molar-refractivity contribution in [1.82, 2.24) is 10.6 Å². The number of nitrogens with one attached hydrogen (secondary N) is 2. The summed E-state index contributed by atoms with van der Waals surface area (Å²) in [6, 6.07) is 0.323. The van der Waals surface area contributed by atoms with Crippen LogP contribution in [0.25, 0.3) is 0 Å². The van der Waals surface area contributed by atoms with Crippen LogP contribution < -0.4 is 16.4 Å². The van der Waals surface area contributed by atoms with Gasteiger partial charge in [-0.2, -0.15) is 0 Å². The Kier molecular flexibility index (Phi) is 5.78. The van der Waals surface area contributed by atoms with Gasteiger partial charge in [-0.05, 0) is 6.92 Å². The van der Waals surface area contributed by atoms with Crippen LogP contribution in [0.4, 0.5) is 0 Å². The summed E-state index contributed by atoms with van der Waals surface area (Å²) >= 11 is 0. The van der Waals surface area contributed by atoms with Crippen LogP contribution in [0, 0.1) is 0 Å². The first kappa shape index (κ1) is 10.4. The second-order valence-corrected chi connectivity index (χ2v) is 2.57. The van der Waals surface area contributed by atoms with Gasteiger partial charge >= 0.3 is 0 Å². The summed E-state index contributed by atoms with van der Waals surface area (Å²) in [4.78, 5) is 10.4. The minimum atomic E-state index is 0.00667. The maximum atomic E-state index is 10.4. The molecule has 1 atom stereocenters. The number of hydrogen-bond donors (Lipinski definition) is 3. The predicted octanol–water partition coefficient (Wildman–Crippen LogP) is -0.941. The molecule has 11 heavy (non-hydrogen) atoms. The first-order valence-electron chi connectivity index (χ1n) is 3.84. The fourth-order valence-electron chi connectivity index (χ4n) is 0.640. The first-order chi connectivity index (χ1) is 5.16. The van der Waals surface area contributed by atoms with E-state index in [4.69, 9.17) is 5.73 Å². The number of carbonyl (C=O) groups is 1. The zero-order chi connectivity index (χ0) is 8.69. The monoisotopic (exact) mass is 159 g/mol. The zero-order valence-electron chi connectivity index (χ0n) is 7.18. The molecule has 0 spiro atoms. The molecule has 0 saturated heterocycles. The lowest BCUT2D eigenvalue weighted by molar-refractivity contribution is -0.118. The molecule has 0 aromatic heterocycles. The molecule has 0 bridgehead atoms. The lowest BCUT2D eigenvalue weighted by atomic mass is 10.3. The van der Waals surface area contributed by atoms with Crippen LogP contribution in [0.5, 0.6) is 0 Å². The van der Waals surface area contributed by atoms with E-state index < -0.39 is 0 Å². The van der Waals surface area contributed by atoms with Gasteiger partial charge in [-0.1, -0.05) is 0 Å². The molecule has 0 aliphatic heterocycles. The lowest BCUT2D eigenvalue weighted by Crippen LogP contribution is -2.38. The Labute approximate surface area is 67.5 Å². The predicted molar refractivity (Wildman–Crippen MR) is 45.2 cm³/mol. The van der Waals surface area contributed by atoms with Gasteiger partial charge in [0.05, 0.1) is 0 Å². The minimum Gasteiger partial charge on any atom is -0.355 e. The van der Waals surface area contributed by atoms with E-state index in [-0.39, 0.29) is 5.91 Å². The van der Waals surface area contributed by atoms with Crippen molar-refractivity contribution in [2.24, 2.45) is 5.73 Å². The molecule has 0 aliphatic carbocycles. The summed E-state index contributed by atoms with van der Waals surface area (Å²) in [6.45, 7) is 5.58. The molecule has 0 aromatic carbocycles. The average molecular weight is 159 g/mol. The van der Waals surface area contributed by atoms with Gasteiger partial charge in [0.15, 0.2) is 0 Å². The zero-order valence-corrected chi connectivity index (χ0v) is 7.18. The molecule has 0 fully saturated rings. The Morgan fingerprint density at radius 3 is 2.64 bits per heavy atom. The quantitative estimate of drug-likeness (QED) is 0.453. The van der Waals surface area contributed by atoms with Crippen molar-refractivity contribution in [3.8, 4) is 0 Å². The van der Waals surface area contributed by atoms with Crippen LogP contribution in [0.15, 0.2) is 0 Å². The lowest BCUT2D eigenvalue weighted by Gasteiger charge is -2.10. The number of hydrogen-bond acceptors (Lipinski definition) is 3. The molecule has 1 amide bonds. The molecular formula is C7H17N3O. The van der Waals surface area contributed by atoms with Gasteiger partial charge in [-0.3, -0.25) is 4.79 Å². The maximum absolute atomic E-state index is 10.4. The fourth-order valence-corrected chi connectivity index (χ4v) is 0.640. The van der Waals surface area contributed by atoms with Crippen LogP contribution in [0.3, 0.4) is 0 Å². The molecule has 0 aromatic rings. The van der Waals surface area contributed by atoms with E-state index in [0.29, 0.717) is 19.1 Å². The van der Waals surface area contributed by atoms with Crippen molar-refractivity contribution in [2.75, 3.05) is 19.6 Å². The van der Waals surface area contributed by atoms with Crippen molar-refractivity contribution in [1.29, 1.82) is 0 Å². The Bertz CT molecular complexity index is 116. The largest absolute Gasteiger partial charge is 0.355 e. The smallest absolute Gasteiger partial charge is 0.216 e. The standard InChI is InChI=1S/C7H17N3O/c1-6(5-8)9-3-4-10-7(2)11/h6,9H,3-5,8H2,1-2H3,(H,10,11). The molecule has 0 rings (SSSR count). The normalized spacial score (nSPS) is 12.6. The second-order valence-electron chi connectivity index (χ2n) is 2.57. The van der Waals surface area contributed by atoms with Crippen LogP contribution in [0.1, 0.15) is 13.8 Å².